The van der Waals surface area contributed by atoms with Crippen molar-refractivity contribution in [1.82, 2.24) is 24.9 Å². The van der Waals surface area contributed by atoms with Gasteiger partial charge in [-0.05, 0) is 24.5 Å². The molecule has 7 heteroatoms. The Hall–Kier alpha value is -2.28. The highest BCUT2D eigenvalue weighted by atomic mass is 16.5. The normalized spacial score (nSPS) is 16.1. The lowest BCUT2D eigenvalue weighted by atomic mass is 10.1. The summed E-state index contributed by atoms with van der Waals surface area (Å²) in [5, 5.41) is 3.94. The van der Waals surface area contributed by atoms with Gasteiger partial charge in [0.1, 0.15) is 0 Å². The fraction of sp³-hybridized carbons (Fsp3) is 0.529. The van der Waals surface area contributed by atoms with Crippen LogP contribution >= 0.6 is 0 Å². The van der Waals surface area contributed by atoms with Crippen molar-refractivity contribution in [3.63, 3.8) is 0 Å². The molecule has 0 bridgehead atoms. The zero-order valence-electron chi connectivity index (χ0n) is 14.0. The minimum absolute atomic E-state index is 0.219. The molecule has 0 spiro atoms. The Kier molecular flexibility index (Phi) is 5.53. The maximum Gasteiger partial charge on any atom is 0.223 e. The quantitative estimate of drug-likeness (QED) is 0.826. The molecule has 2 aromatic heterocycles. The molecule has 3 rings (SSSR count). The molecule has 0 atom stereocenters. The van der Waals surface area contributed by atoms with Crippen molar-refractivity contribution in [2.75, 3.05) is 26.2 Å². The molecule has 0 radical (unpaired) electrons. The Morgan fingerprint density at radius 3 is 2.96 bits per heavy atom. The lowest BCUT2D eigenvalue weighted by molar-refractivity contribution is -0.131. The summed E-state index contributed by atoms with van der Waals surface area (Å²) in [6.45, 7) is 5.82. The fourth-order valence-electron chi connectivity index (χ4n) is 2.94. The number of rotatable bonds is 5. The molecule has 0 unspecified atom stereocenters. The Balaban J connectivity index is 1.46. The molecule has 3 heterocycles. The third-order valence-corrected chi connectivity index (χ3v) is 4.23. The summed E-state index contributed by atoms with van der Waals surface area (Å²) in [6.07, 6.45) is 5.82. The molecule has 1 amide bonds. The van der Waals surface area contributed by atoms with E-state index in [1.54, 1.807) is 13.1 Å². The summed E-state index contributed by atoms with van der Waals surface area (Å²) in [4.78, 5) is 25.0. The number of pyridine rings is 1. The summed E-state index contributed by atoms with van der Waals surface area (Å²) in [7, 11) is 0. The van der Waals surface area contributed by atoms with Gasteiger partial charge >= 0.3 is 0 Å². The van der Waals surface area contributed by atoms with Crippen LogP contribution < -0.4 is 0 Å². The molecule has 2 aromatic rings. The zero-order valence-corrected chi connectivity index (χ0v) is 14.0. The van der Waals surface area contributed by atoms with Crippen LogP contribution in [0.1, 0.15) is 30.1 Å². The van der Waals surface area contributed by atoms with Gasteiger partial charge in [0, 0.05) is 51.9 Å². The molecule has 24 heavy (non-hydrogen) atoms. The first-order chi connectivity index (χ1) is 11.7. The van der Waals surface area contributed by atoms with E-state index in [0.717, 1.165) is 44.6 Å². The van der Waals surface area contributed by atoms with Gasteiger partial charge in [-0.2, -0.15) is 4.98 Å². The minimum Gasteiger partial charge on any atom is -0.341 e. The zero-order chi connectivity index (χ0) is 16.8. The van der Waals surface area contributed by atoms with E-state index in [0.29, 0.717) is 24.7 Å². The van der Waals surface area contributed by atoms with E-state index in [9.17, 15) is 4.79 Å². The van der Waals surface area contributed by atoms with Crippen LogP contribution in [0.2, 0.25) is 0 Å². The maximum absolute atomic E-state index is 12.4. The molecule has 0 aliphatic carbocycles. The predicted molar refractivity (Wildman–Crippen MR) is 88.1 cm³/mol. The van der Waals surface area contributed by atoms with E-state index >= 15 is 0 Å². The van der Waals surface area contributed by atoms with Crippen molar-refractivity contribution < 1.29 is 9.32 Å². The van der Waals surface area contributed by atoms with Gasteiger partial charge in [-0.3, -0.25) is 14.7 Å². The monoisotopic (exact) mass is 329 g/mol. The van der Waals surface area contributed by atoms with Crippen LogP contribution in [0.5, 0.6) is 0 Å². The topological polar surface area (TPSA) is 75.4 Å². The molecule has 7 nitrogen and oxygen atoms in total. The van der Waals surface area contributed by atoms with Crippen LogP contribution in [0.3, 0.4) is 0 Å². The predicted octanol–water partition coefficient (Wildman–Crippen LogP) is 1.44. The van der Waals surface area contributed by atoms with Gasteiger partial charge < -0.3 is 9.42 Å². The van der Waals surface area contributed by atoms with Crippen LogP contribution in [0.4, 0.5) is 0 Å². The van der Waals surface area contributed by atoms with Crippen molar-refractivity contribution in [1.29, 1.82) is 0 Å². The Labute approximate surface area is 141 Å². The van der Waals surface area contributed by atoms with Crippen LogP contribution in [-0.2, 0) is 17.8 Å². The SMILES string of the molecule is Cc1nc(CN2CCCN(C(=O)CCc3cccnc3)CC2)no1. The second kappa shape index (κ2) is 8.01. The van der Waals surface area contributed by atoms with E-state index in [4.69, 9.17) is 4.52 Å². The number of hydrogen-bond donors (Lipinski definition) is 0. The number of aryl methyl sites for hydroxylation is 2. The molecule has 1 aliphatic rings. The van der Waals surface area contributed by atoms with E-state index < -0.39 is 0 Å². The van der Waals surface area contributed by atoms with Crippen molar-refractivity contribution in [3.8, 4) is 0 Å². The summed E-state index contributed by atoms with van der Waals surface area (Å²) in [6, 6.07) is 3.92. The smallest absolute Gasteiger partial charge is 0.223 e. The summed E-state index contributed by atoms with van der Waals surface area (Å²) in [5.74, 6) is 1.52. The number of amides is 1. The average Bonchev–Trinajstić information content (AvgIpc) is 2.86. The highest BCUT2D eigenvalue weighted by molar-refractivity contribution is 5.76. The molecule has 1 aliphatic heterocycles. The van der Waals surface area contributed by atoms with Crippen LogP contribution in [0, 0.1) is 6.92 Å². The van der Waals surface area contributed by atoms with Gasteiger partial charge in [-0.1, -0.05) is 11.2 Å². The highest BCUT2D eigenvalue weighted by Crippen LogP contribution is 2.10. The number of nitrogens with zero attached hydrogens (tertiary/aromatic N) is 5. The number of carbonyl (C=O) groups is 1. The lowest BCUT2D eigenvalue weighted by Crippen LogP contribution is -2.35. The van der Waals surface area contributed by atoms with Crippen molar-refractivity contribution in [3.05, 3.63) is 41.8 Å². The third kappa shape index (κ3) is 4.61. The maximum atomic E-state index is 12.4. The highest BCUT2D eigenvalue weighted by Gasteiger charge is 2.20. The summed E-state index contributed by atoms with van der Waals surface area (Å²) < 4.78 is 5.01. The van der Waals surface area contributed by atoms with Gasteiger partial charge in [0.2, 0.25) is 11.8 Å². The molecule has 0 N–H and O–H groups in total. The van der Waals surface area contributed by atoms with E-state index in [2.05, 4.69) is 20.0 Å². The van der Waals surface area contributed by atoms with Gasteiger partial charge in [0.15, 0.2) is 5.82 Å². The van der Waals surface area contributed by atoms with Crippen LogP contribution in [0.25, 0.3) is 0 Å². The summed E-state index contributed by atoms with van der Waals surface area (Å²) >= 11 is 0. The third-order valence-electron chi connectivity index (χ3n) is 4.23. The van der Waals surface area contributed by atoms with E-state index in [1.165, 1.54) is 0 Å². The standard InChI is InChI=1S/C17H23N5O2/c1-14-19-16(20-24-14)13-21-8-3-9-22(11-10-21)17(23)6-5-15-4-2-7-18-12-15/h2,4,7,12H,3,5-6,8-11,13H2,1H3. The Bertz CT molecular complexity index is 658. The second-order valence-electron chi connectivity index (χ2n) is 6.10. The van der Waals surface area contributed by atoms with Crippen molar-refractivity contribution in [2.45, 2.75) is 32.7 Å². The first-order valence-electron chi connectivity index (χ1n) is 8.39. The molecule has 1 saturated heterocycles. The van der Waals surface area contributed by atoms with Gasteiger partial charge in [0.25, 0.3) is 0 Å². The number of carbonyl (C=O) groups excluding carboxylic acids is 1. The van der Waals surface area contributed by atoms with Gasteiger partial charge in [-0.15, -0.1) is 0 Å². The lowest BCUT2D eigenvalue weighted by Gasteiger charge is -2.21. The van der Waals surface area contributed by atoms with Crippen LogP contribution in [0.15, 0.2) is 29.0 Å². The van der Waals surface area contributed by atoms with E-state index in [1.807, 2.05) is 23.2 Å². The summed E-state index contributed by atoms with van der Waals surface area (Å²) in [5.41, 5.74) is 1.11. The minimum atomic E-state index is 0.219. The van der Waals surface area contributed by atoms with E-state index in [-0.39, 0.29) is 5.91 Å². The second-order valence-corrected chi connectivity index (χ2v) is 6.10. The fourth-order valence-corrected chi connectivity index (χ4v) is 2.94. The van der Waals surface area contributed by atoms with Crippen molar-refractivity contribution in [2.24, 2.45) is 0 Å². The van der Waals surface area contributed by atoms with Crippen LogP contribution in [-0.4, -0.2) is 57.0 Å². The molecular formula is C17H23N5O2. The molecule has 0 aromatic carbocycles. The van der Waals surface area contributed by atoms with Gasteiger partial charge in [-0.25, -0.2) is 0 Å². The first kappa shape index (κ1) is 16.6. The molecule has 1 fully saturated rings. The molecule has 0 saturated carbocycles. The number of aromatic nitrogens is 3. The average molecular weight is 329 g/mol. The largest absolute Gasteiger partial charge is 0.341 e. The van der Waals surface area contributed by atoms with Crippen molar-refractivity contribution >= 4 is 5.91 Å². The molecule has 128 valence electrons. The Morgan fingerprint density at radius 1 is 1.29 bits per heavy atom. The van der Waals surface area contributed by atoms with Gasteiger partial charge in [0.05, 0.1) is 6.54 Å². The number of hydrogen-bond acceptors (Lipinski definition) is 6. The Morgan fingerprint density at radius 2 is 2.21 bits per heavy atom. The molecular weight excluding hydrogens is 306 g/mol. The first-order valence-corrected chi connectivity index (χ1v) is 8.39.